The van der Waals surface area contributed by atoms with Gasteiger partial charge in [-0.05, 0) is 58.7 Å². The number of esters is 2. The second-order valence-electron chi connectivity index (χ2n) is 13.7. The van der Waals surface area contributed by atoms with Crippen LogP contribution in [0.4, 0.5) is 26.3 Å². The van der Waals surface area contributed by atoms with Gasteiger partial charge in [0.15, 0.2) is 0 Å². The highest BCUT2D eigenvalue weighted by Gasteiger charge is 2.62. The van der Waals surface area contributed by atoms with Crippen LogP contribution in [0.5, 0.6) is 0 Å². The van der Waals surface area contributed by atoms with Crippen molar-refractivity contribution in [2.75, 3.05) is 13.2 Å². The second-order valence-corrected chi connectivity index (χ2v) is 15.5. The molecular formula is C42H32Br2F6O6. The maximum atomic E-state index is 13.4. The molecule has 0 N–H and O–H groups in total. The first-order valence-corrected chi connectivity index (χ1v) is 19.1. The lowest BCUT2D eigenvalue weighted by atomic mass is 9.83. The van der Waals surface area contributed by atoms with E-state index in [1.54, 1.807) is 60.7 Å². The van der Waals surface area contributed by atoms with Crippen molar-refractivity contribution in [2.24, 2.45) is 23.7 Å². The number of hydrogen-bond donors (Lipinski definition) is 0. The smallest absolute Gasteiger partial charge is 0.395 e. The van der Waals surface area contributed by atoms with Crippen LogP contribution in [0.25, 0.3) is 22.3 Å². The van der Waals surface area contributed by atoms with E-state index in [9.17, 15) is 35.9 Å². The third-order valence-electron chi connectivity index (χ3n) is 10.2. The predicted molar refractivity (Wildman–Crippen MR) is 202 cm³/mol. The number of carbonyl (C=O) groups excluding carboxylic acids is 2. The zero-order valence-electron chi connectivity index (χ0n) is 29.1. The number of hydrogen-bond acceptors (Lipinski definition) is 6. The third-order valence-corrected chi connectivity index (χ3v) is 11.7. The van der Waals surface area contributed by atoms with Gasteiger partial charge in [-0.15, -0.1) is 0 Å². The van der Waals surface area contributed by atoms with E-state index in [0.717, 1.165) is 22.3 Å². The van der Waals surface area contributed by atoms with Crippen LogP contribution < -0.4 is 0 Å². The van der Waals surface area contributed by atoms with Crippen LogP contribution in [0.2, 0.25) is 0 Å². The molecule has 0 saturated carbocycles. The zero-order valence-corrected chi connectivity index (χ0v) is 32.2. The van der Waals surface area contributed by atoms with Crippen LogP contribution in [-0.4, -0.2) is 61.9 Å². The van der Waals surface area contributed by atoms with Gasteiger partial charge in [-0.1, -0.05) is 117 Å². The average molecular weight is 907 g/mol. The van der Waals surface area contributed by atoms with Crippen molar-refractivity contribution in [3.63, 3.8) is 0 Å². The van der Waals surface area contributed by atoms with E-state index in [4.69, 9.17) is 18.9 Å². The number of carbonyl (C=O) groups is 2. The first-order valence-electron chi connectivity index (χ1n) is 17.5. The summed E-state index contributed by atoms with van der Waals surface area (Å²) in [5.74, 6) is -6.56. The molecule has 6 nitrogen and oxygen atoms in total. The quantitative estimate of drug-likeness (QED) is 0.130. The maximum absolute atomic E-state index is 13.4. The van der Waals surface area contributed by atoms with Crippen molar-refractivity contribution in [1.29, 1.82) is 0 Å². The fourth-order valence-electron chi connectivity index (χ4n) is 7.46. The Labute approximate surface area is 334 Å². The van der Waals surface area contributed by atoms with E-state index in [1.165, 1.54) is 0 Å². The van der Waals surface area contributed by atoms with Crippen molar-refractivity contribution in [3.8, 4) is 22.3 Å². The highest BCUT2D eigenvalue weighted by Crippen LogP contribution is 2.53. The molecule has 8 atom stereocenters. The molecule has 4 aromatic rings. The van der Waals surface area contributed by atoms with Gasteiger partial charge in [0.25, 0.3) is 0 Å². The number of benzene rings is 4. The molecule has 4 aliphatic heterocycles. The molecule has 0 spiro atoms. The van der Waals surface area contributed by atoms with E-state index in [-0.39, 0.29) is 13.2 Å². The molecule has 4 heterocycles. The van der Waals surface area contributed by atoms with Gasteiger partial charge in [0, 0.05) is 20.8 Å². The van der Waals surface area contributed by atoms with Gasteiger partial charge >= 0.3 is 24.3 Å². The number of ether oxygens (including phenoxy) is 4. The van der Waals surface area contributed by atoms with Gasteiger partial charge in [0.05, 0.1) is 48.4 Å². The summed E-state index contributed by atoms with van der Waals surface area (Å²) in [6.45, 7) is -0.692. The van der Waals surface area contributed by atoms with Crippen molar-refractivity contribution in [2.45, 2.75) is 36.8 Å². The van der Waals surface area contributed by atoms with E-state index >= 15 is 0 Å². The normalized spacial score (nSPS) is 26.2. The van der Waals surface area contributed by atoms with Gasteiger partial charge in [-0.25, -0.2) is 9.59 Å². The molecule has 4 bridgehead atoms. The summed E-state index contributed by atoms with van der Waals surface area (Å²) in [5.41, 5.74) is 4.48. The van der Waals surface area contributed by atoms with Crippen LogP contribution in [0.15, 0.2) is 130 Å². The van der Waals surface area contributed by atoms with Gasteiger partial charge in [-0.2, -0.15) is 26.3 Å². The lowest BCUT2D eigenvalue weighted by Gasteiger charge is -2.28. The maximum Gasteiger partial charge on any atom is 0.395 e. The molecule has 14 heteroatoms. The minimum absolute atomic E-state index is 0.295. The van der Waals surface area contributed by atoms with E-state index in [2.05, 4.69) is 31.9 Å². The molecule has 0 aliphatic carbocycles. The van der Waals surface area contributed by atoms with Crippen molar-refractivity contribution < 1.29 is 54.9 Å². The summed E-state index contributed by atoms with van der Waals surface area (Å²) < 4.78 is 103. The Morgan fingerprint density at radius 2 is 0.839 bits per heavy atom. The Morgan fingerprint density at radius 3 is 1.16 bits per heavy atom. The molecule has 2 saturated heterocycles. The van der Waals surface area contributed by atoms with Gasteiger partial charge in [0.2, 0.25) is 0 Å². The number of halogens is 8. The molecule has 4 aliphatic rings. The molecule has 292 valence electrons. The second kappa shape index (κ2) is 16.3. The lowest BCUT2D eigenvalue weighted by molar-refractivity contribution is -0.193. The van der Waals surface area contributed by atoms with Crippen molar-refractivity contribution in [3.05, 3.63) is 141 Å². The molecule has 0 aromatic heterocycles. The average Bonchev–Trinajstić information content (AvgIpc) is 3.96. The fourth-order valence-corrected chi connectivity index (χ4v) is 8.77. The predicted octanol–water partition coefficient (Wildman–Crippen LogP) is 10.7. The molecule has 8 rings (SSSR count). The van der Waals surface area contributed by atoms with E-state index in [1.807, 2.05) is 60.7 Å². The molecule has 4 aromatic carbocycles. The van der Waals surface area contributed by atoms with Crippen molar-refractivity contribution >= 4 is 43.8 Å². The Balaban J connectivity index is 0.000000172. The molecule has 0 unspecified atom stereocenters. The standard InChI is InChI=1S/2C21H16BrF3O3/c2*22-16-10-17-15(18(19(16)28-17)21(23,24)25)11-27-20(26)14-8-6-13(7-9-14)12-4-2-1-3-5-12/h2*1-10,15,17-19H,11H2/t2*15-,17+,18+,19-/m00/s1. The van der Waals surface area contributed by atoms with E-state index < -0.39 is 72.4 Å². The summed E-state index contributed by atoms with van der Waals surface area (Å²) in [6, 6.07) is 32.9. The third kappa shape index (κ3) is 8.53. The van der Waals surface area contributed by atoms with Gasteiger partial charge < -0.3 is 18.9 Å². The Morgan fingerprint density at radius 1 is 0.518 bits per heavy atom. The monoisotopic (exact) mass is 904 g/mol. The summed E-state index contributed by atoms with van der Waals surface area (Å²) in [6.07, 6.45) is -9.17. The number of alkyl halides is 6. The largest absolute Gasteiger partial charge is 0.462 e. The summed E-state index contributed by atoms with van der Waals surface area (Å²) >= 11 is 6.25. The fraction of sp³-hybridized carbons (Fsp3) is 0.286. The molecule has 0 radical (unpaired) electrons. The first-order chi connectivity index (χ1) is 26.7. The highest BCUT2D eigenvalue weighted by molar-refractivity contribution is 9.12. The summed E-state index contributed by atoms with van der Waals surface area (Å²) in [4.78, 5) is 24.6. The van der Waals surface area contributed by atoms with Crippen LogP contribution in [0, 0.1) is 23.7 Å². The Bertz CT molecular complexity index is 1940. The minimum Gasteiger partial charge on any atom is -0.462 e. The van der Waals surface area contributed by atoms with Crippen LogP contribution in [0.3, 0.4) is 0 Å². The molecule has 0 amide bonds. The summed E-state index contributed by atoms with van der Waals surface area (Å²) in [5, 5.41) is 0. The topological polar surface area (TPSA) is 71.1 Å². The molecule has 56 heavy (non-hydrogen) atoms. The Kier molecular flexibility index (Phi) is 11.6. The number of fused-ring (bicyclic) bond motifs is 4. The van der Waals surface area contributed by atoms with E-state index in [0.29, 0.717) is 20.1 Å². The van der Waals surface area contributed by atoms with Crippen LogP contribution >= 0.6 is 31.9 Å². The zero-order chi connectivity index (χ0) is 39.8. The number of rotatable bonds is 8. The first kappa shape index (κ1) is 40.0. The minimum atomic E-state index is -4.43. The van der Waals surface area contributed by atoms with Crippen molar-refractivity contribution in [1.82, 2.24) is 0 Å². The van der Waals surface area contributed by atoms with Crippen LogP contribution in [-0.2, 0) is 18.9 Å². The molecular weight excluding hydrogens is 874 g/mol. The van der Waals surface area contributed by atoms with Crippen LogP contribution in [0.1, 0.15) is 20.7 Å². The lowest BCUT2D eigenvalue weighted by Crippen LogP contribution is -2.40. The molecule has 2 fully saturated rings. The Hall–Kier alpha value is -4.24. The SMILES string of the molecule is O=C(OC[C@@H]1[C@@H](C(F)(F)F)[C@H]2O[C@@H]1C=C2Br)c1ccc(-c2ccccc2)cc1.O=C(OC[C@@H]1[C@@H](C(F)(F)F)[C@H]2O[C@@H]1C=C2Br)c1ccc(-c2ccccc2)cc1. The van der Waals surface area contributed by atoms with Gasteiger partial charge in [-0.3, -0.25) is 0 Å². The highest BCUT2D eigenvalue weighted by atomic mass is 79.9. The summed E-state index contributed by atoms with van der Waals surface area (Å²) in [7, 11) is 0. The van der Waals surface area contributed by atoms with Gasteiger partial charge in [0.1, 0.15) is 12.2 Å².